The van der Waals surface area contributed by atoms with Crippen LogP contribution in [-0.4, -0.2) is 22.4 Å². The van der Waals surface area contributed by atoms with E-state index in [1.165, 1.54) is 0 Å². The van der Waals surface area contributed by atoms with Crippen LogP contribution in [0.5, 0.6) is 11.5 Å². The molecule has 0 radical (unpaired) electrons. The van der Waals surface area contributed by atoms with Crippen LogP contribution < -0.4 is 4.74 Å². The summed E-state index contributed by atoms with van der Waals surface area (Å²) in [5.74, 6) is 1.47. The van der Waals surface area contributed by atoms with Crippen LogP contribution in [0.3, 0.4) is 0 Å². The molecule has 0 saturated carbocycles. The molecule has 0 aromatic heterocycles. The van der Waals surface area contributed by atoms with Crippen molar-refractivity contribution in [2.24, 2.45) is 5.92 Å². The second-order valence-corrected chi connectivity index (χ2v) is 6.88. The highest BCUT2D eigenvalue weighted by Crippen LogP contribution is 2.53. The fourth-order valence-electron chi connectivity index (χ4n) is 3.90. The number of aromatic hydroxyl groups is 1. The van der Waals surface area contributed by atoms with Crippen LogP contribution in [0.25, 0.3) is 0 Å². The van der Waals surface area contributed by atoms with Gasteiger partial charge in [0.05, 0.1) is 6.61 Å². The number of rotatable bonds is 3. The summed E-state index contributed by atoms with van der Waals surface area (Å²) in [6, 6.07) is 3.82. The van der Waals surface area contributed by atoms with Gasteiger partial charge in [0.15, 0.2) is 0 Å². The molecule has 0 bridgehead atoms. The molecule has 2 atom stereocenters. The smallest absolute Gasteiger partial charge is 0.127 e. The van der Waals surface area contributed by atoms with Gasteiger partial charge in [-0.3, -0.25) is 0 Å². The Labute approximate surface area is 131 Å². The van der Waals surface area contributed by atoms with Crippen LogP contribution in [0.2, 0.25) is 0 Å². The van der Waals surface area contributed by atoms with Crippen LogP contribution in [0.4, 0.5) is 0 Å². The van der Waals surface area contributed by atoms with Gasteiger partial charge in [-0.2, -0.15) is 0 Å². The molecule has 22 heavy (non-hydrogen) atoms. The molecular weight excluding hydrogens is 276 g/mol. The first-order valence-corrected chi connectivity index (χ1v) is 7.92. The topological polar surface area (TPSA) is 49.7 Å². The lowest BCUT2D eigenvalue weighted by Gasteiger charge is -2.46. The minimum atomic E-state index is -0.283. The summed E-state index contributed by atoms with van der Waals surface area (Å²) in [5, 5.41) is 20.0. The van der Waals surface area contributed by atoms with Crippen LogP contribution in [-0.2, 0) is 6.42 Å². The monoisotopic (exact) mass is 300 g/mol. The zero-order valence-corrected chi connectivity index (χ0v) is 13.3. The van der Waals surface area contributed by atoms with Gasteiger partial charge < -0.3 is 14.9 Å². The van der Waals surface area contributed by atoms with E-state index >= 15 is 0 Å². The summed E-state index contributed by atoms with van der Waals surface area (Å²) in [6.45, 7) is 8.07. The van der Waals surface area contributed by atoms with Crippen molar-refractivity contribution >= 4 is 0 Å². The van der Waals surface area contributed by atoms with E-state index in [9.17, 15) is 10.2 Å². The molecule has 1 aromatic rings. The molecule has 0 amide bonds. The van der Waals surface area contributed by atoms with Gasteiger partial charge >= 0.3 is 0 Å². The number of ether oxygens (including phenoxy) is 1. The van der Waals surface area contributed by atoms with Gasteiger partial charge in [0.2, 0.25) is 0 Å². The highest BCUT2D eigenvalue weighted by Gasteiger charge is 2.45. The number of allylic oxidation sites excluding steroid dienone is 2. The summed E-state index contributed by atoms with van der Waals surface area (Å²) in [4.78, 5) is 0. The molecule has 118 valence electrons. The average molecular weight is 300 g/mol. The van der Waals surface area contributed by atoms with Gasteiger partial charge in [-0.15, -0.1) is 6.58 Å². The summed E-state index contributed by atoms with van der Waals surface area (Å²) < 4.78 is 6.24. The van der Waals surface area contributed by atoms with Gasteiger partial charge in [0.1, 0.15) is 17.1 Å². The maximum absolute atomic E-state index is 10.5. The molecule has 1 aromatic carbocycles. The molecule has 1 heterocycles. The predicted molar refractivity (Wildman–Crippen MR) is 87.3 cm³/mol. The minimum absolute atomic E-state index is 0.0924. The fourth-order valence-corrected chi connectivity index (χ4v) is 3.90. The van der Waals surface area contributed by atoms with Crippen LogP contribution in [0, 0.1) is 5.92 Å². The number of phenols is 1. The van der Waals surface area contributed by atoms with Gasteiger partial charge in [-0.05, 0) is 56.4 Å². The largest absolute Gasteiger partial charge is 0.507 e. The predicted octanol–water partition coefficient (Wildman–Crippen LogP) is 3.70. The van der Waals surface area contributed by atoms with Gasteiger partial charge in [-0.25, -0.2) is 0 Å². The van der Waals surface area contributed by atoms with Gasteiger partial charge in [0, 0.05) is 17.4 Å². The standard InChI is InChI=1S/C19H24O3/c1-4-5-12-9-16(21)18-14-8-13(11-20)6-7-15(14)19(2,3)22-17(18)10-12/h4,8-10,14-15,20-21H,1,5-7,11H2,2-3H3. The first-order chi connectivity index (χ1) is 10.5. The lowest BCUT2D eigenvalue weighted by molar-refractivity contribution is 0.0100. The van der Waals surface area contributed by atoms with Crippen molar-refractivity contribution in [1.82, 2.24) is 0 Å². The highest BCUT2D eigenvalue weighted by atomic mass is 16.5. The Hall–Kier alpha value is -1.74. The van der Waals surface area contributed by atoms with Crippen LogP contribution in [0.15, 0.2) is 36.4 Å². The molecule has 2 N–H and O–H groups in total. The summed E-state index contributed by atoms with van der Waals surface area (Å²) in [7, 11) is 0. The summed E-state index contributed by atoms with van der Waals surface area (Å²) in [5.41, 5.74) is 2.64. The van der Waals surface area contributed by atoms with E-state index in [4.69, 9.17) is 4.74 Å². The molecule has 2 unspecified atom stereocenters. The van der Waals surface area contributed by atoms with E-state index in [1.54, 1.807) is 6.07 Å². The van der Waals surface area contributed by atoms with E-state index in [1.807, 2.05) is 12.1 Å². The molecule has 1 aliphatic heterocycles. The van der Waals surface area contributed by atoms with Crippen molar-refractivity contribution in [1.29, 1.82) is 0 Å². The number of fused-ring (bicyclic) bond motifs is 3. The van der Waals surface area contributed by atoms with Crippen molar-refractivity contribution in [3.05, 3.63) is 47.6 Å². The van der Waals surface area contributed by atoms with Crippen molar-refractivity contribution in [3.63, 3.8) is 0 Å². The molecule has 3 nitrogen and oxygen atoms in total. The third kappa shape index (κ3) is 2.44. The lowest BCUT2D eigenvalue weighted by atomic mass is 9.68. The molecule has 0 saturated heterocycles. The molecule has 2 aliphatic rings. The first-order valence-electron chi connectivity index (χ1n) is 7.92. The van der Waals surface area contributed by atoms with E-state index in [0.29, 0.717) is 12.3 Å². The third-order valence-electron chi connectivity index (χ3n) is 4.99. The fraction of sp³-hybridized carbons (Fsp3) is 0.474. The Morgan fingerprint density at radius 1 is 1.41 bits per heavy atom. The third-order valence-corrected chi connectivity index (χ3v) is 4.99. The summed E-state index contributed by atoms with van der Waals surface area (Å²) in [6.07, 6.45) is 6.52. The number of hydrogen-bond acceptors (Lipinski definition) is 3. The zero-order chi connectivity index (χ0) is 15.9. The average Bonchev–Trinajstić information content (AvgIpc) is 2.45. The first kappa shape index (κ1) is 15.2. The van der Waals surface area contributed by atoms with E-state index in [2.05, 4.69) is 26.5 Å². The van der Waals surface area contributed by atoms with Crippen LogP contribution >= 0.6 is 0 Å². The number of hydrogen-bond donors (Lipinski definition) is 2. The number of phenolic OH excluding ortho intramolecular Hbond substituents is 1. The van der Waals surface area contributed by atoms with Crippen molar-refractivity contribution < 1.29 is 14.9 Å². The van der Waals surface area contributed by atoms with E-state index in [0.717, 1.165) is 35.3 Å². The maximum atomic E-state index is 10.5. The Kier molecular flexibility index (Phi) is 3.77. The van der Waals surface area contributed by atoms with E-state index in [-0.39, 0.29) is 23.9 Å². The van der Waals surface area contributed by atoms with Crippen molar-refractivity contribution in [2.75, 3.05) is 6.61 Å². The number of aliphatic hydroxyl groups is 1. The number of aliphatic hydroxyl groups excluding tert-OH is 1. The second-order valence-electron chi connectivity index (χ2n) is 6.88. The van der Waals surface area contributed by atoms with Crippen LogP contribution in [0.1, 0.15) is 43.7 Å². The Morgan fingerprint density at radius 2 is 2.18 bits per heavy atom. The molecule has 1 aliphatic carbocycles. The number of benzene rings is 1. The molecule has 3 rings (SSSR count). The maximum Gasteiger partial charge on any atom is 0.127 e. The second kappa shape index (κ2) is 5.47. The van der Waals surface area contributed by atoms with Crippen molar-refractivity contribution in [3.8, 4) is 11.5 Å². The van der Waals surface area contributed by atoms with E-state index < -0.39 is 0 Å². The molecule has 3 heteroatoms. The Bertz CT molecular complexity index is 628. The van der Waals surface area contributed by atoms with Gasteiger partial charge in [-0.1, -0.05) is 12.2 Å². The lowest BCUT2D eigenvalue weighted by Crippen LogP contribution is -2.45. The quantitative estimate of drug-likeness (QED) is 0.837. The molecule has 0 fully saturated rings. The zero-order valence-electron chi connectivity index (χ0n) is 13.3. The Balaban J connectivity index is 2.13. The normalized spacial score (nSPS) is 25.5. The molecular formula is C19H24O3. The highest BCUT2D eigenvalue weighted by molar-refractivity contribution is 5.54. The Morgan fingerprint density at radius 3 is 2.86 bits per heavy atom. The van der Waals surface area contributed by atoms with Crippen molar-refractivity contribution in [2.45, 2.75) is 44.6 Å². The summed E-state index contributed by atoms with van der Waals surface area (Å²) >= 11 is 0. The molecule has 0 spiro atoms. The SMILES string of the molecule is C=CCc1cc(O)c2c(c1)OC(C)(C)C1CCC(CO)=CC21. The minimum Gasteiger partial charge on any atom is -0.507 e. The van der Waals surface area contributed by atoms with Gasteiger partial charge in [0.25, 0.3) is 0 Å².